The van der Waals surface area contributed by atoms with Gasteiger partial charge in [0.1, 0.15) is 17.2 Å². The molecular weight excluding hydrogens is 311 g/mol. The molecule has 0 aliphatic rings. The number of nitrogens with one attached hydrogen (secondary N) is 1. The van der Waals surface area contributed by atoms with E-state index in [1.807, 2.05) is 0 Å². The molecule has 0 fully saturated rings. The predicted molar refractivity (Wildman–Crippen MR) is 80.9 cm³/mol. The van der Waals surface area contributed by atoms with Crippen molar-refractivity contribution in [2.24, 2.45) is 0 Å². The fourth-order valence-corrected chi connectivity index (χ4v) is 1.65. The molecule has 1 N–H and O–H groups in total. The van der Waals surface area contributed by atoms with Crippen LogP contribution in [0.2, 0.25) is 0 Å². The van der Waals surface area contributed by atoms with E-state index < -0.39 is 24.1 Å². The summed E-state index contributed by atoms with van der Waals surface area (Å²) in [5, 5.41) is 2.53. The van der Waals surface area contributed by atoms with Gasteiger partial charge in [0, 0.05) is 6.54 Å². The van der Waals surface area contributed by atoms with E-state index >= 15 is 0 Å². The summed E-state index contributed by atoms with van der Waals surface area (Å²) in [5.74, 6) is -0.907. The summed E-state index contributed by atoms with van der Waals surface area (Å²) in [4.78, 5) is 11.4. The van der Waals surface area contributed by atoms with Gasteiger partial charge in [0.2, 0.25) is 0 Å². The van der Waals surface area contributed by atoms with Gasteiger partial charge < -0.3 is 14.8 Å². The minimum atomic E-state index is -3.03. The maximum atomic E-state index is 13.7. The van der Waals surface area contributed by atoms with Crippen LogP contribution in [0.4, 0.5) is 18.0 Å². The second-order valence-corrected chi connectivity index (χ2v) is 5.65. The van der Waals surface area contributed by atoms with Crippen molar-refractivity contribution in [1.82, 2.24) is 5.32 Å². The second-order valence-electron chi connectivity index (χ2n) is 5.65. The fourth-order valence-electron chi connectivity index (χ4n) is 1.65. The minimum absolute atomic E-state index is 0.0648. The topological polar surface area (TPSA) is 47.6 Å². The van der Waals surface area contributed by atoms with Crippen molar-refractivity contribution < 1.29 is 27.4 Å². The van der Waals surface area contributed by atoms with Gasteiger partial charge in [-0.25, -0.2) is 9.18 Å². The molecule has 0 radical (unpaired) electrons. The van der Waals surface area contributed by atoms with Crippen LogP contribution in [0.1, 0.15) is 32.8 Å². The van der Waals surface area contributed by atoms with Gasteiger partial charge in [0.05, 0.1) is 5.56 Å². The SMILES string of the molecule is CC(C)(C)OC(=O)NCCC=Cc1c(F)cccc1OC(F)F. The van der Waals surface area contributed by atoms with E-state index in [-0.39, 0.29) is 17.9 Å². The van der Waals surface area contributed by atoms with Gasteiger partial charge in [-0.3, -0.25) is 0 Å². The number of amides is 1. The van der Waals surface area contributed by atoms with Crippen molar-refractivity contribution in [2.45, 2.75) is 39.4 Å². The second kappa shape index (κ2) is 8.45. The van der Waals surface area contributed by atoms with Crippen molar-refractivity contribution >= 4 is 12.2 Å². The number of ether oxygens (including phenoxy) is 2. The smallest absolute Gasteiger partial charge is 0.407 e. The van der Waals surface area contributed by atoms with E-state index in [1.165, 1.54) is 18.2 Å². The summed E-state index contributed by atoms with van der Waals surface area (Å²) in [6, 6.07) is 3.69. The normalized spacial score (nSPS) is 11.8. The van der Waals surface area contributed by atoms with Gasteiger partial charge >= 0.3 is 12.7 Å². The van der Waals surface area contributed by atoms with Gasteiger partial charge in [-0.1, -0.05) is 18.2 Å². The van der Waals surface area contributed by atoms with E-state index in [0.717, 1.165) is 6.07 Å². The average molecular weight is 331 g/mol. The van der Waals surface area contributed by atoms with E-state index in [0.29, 0.717) is 6.42 Å². The molecule has 0 saturated heterocycles. The quantitative estimate of drug-likeness (QED) is 0.788. The molecule has 0 heterocycles. The standard InChI is InChI=1S/C16H20F3NO3/c1-16(2,3)23-15(21)20-10-5-4-7-11-12(17)8-6-9-13(11)22-14(18)19/h4,6-9,14H,5,10H2,1-3H3,(H,20,21). The molecule has 0 atom stereocenters. The Morgan fingerprint density at radius 3 is 2.65 bits per heavy atom. The zero-order valence-electron chi connectivity index (χ0n) is 13.2. The Kier molecular flexibility index (Phi) is 6.93. The monoisotopic (exact) mass is 331 g/mol. The number of carbonyl (C=O) groups is 1. The first-order valence-corrected chi connectivity index (χ1v) is 7.06. The van der Waals surface area contributed by atoms with Crippen LogP contribution in [0.5, 0.6) is 5.75 Å². The Bertz CT molecular complexity index is 554. The summed E-state index contributed by atoms with van der Waals surface area (Å²) in [7, 11) is 0. The Morgan fingerprint density at radius 2 is 2.04 bits per heavy atom. The molecule has 23 heavy (non-hydrogen) atoms. The molecule has 0 aromatic heterocycles. The van der Waals surface area contributed by atoms with Crippen molar-refractivity contribution in [3.05, 3.63) is 35.7 Å². The van der Waals surface area contributed by atoms with E-state index in [1.54, 1.807) is 26.8 Å². The summed E-state index contributed by atoms with van der Waals surface area (Å²) in [5.41, 5.74) is -0.653. The third-order valence-electron chi connectivity index (χ3n) is 2.49. The first kappa shape index (κ1) is 18.9. The van der Waals surface area contributed by atoms with Crippen LogP contribution in [-0.4, -0.2) is 24.9 Å². The maximum Gasteiger partial charge on any atom is 0.407 e. The average Bonchev–Trinajstić information content (AvgIpc) is 2.38. The van der Waals surface area contributed by atoms with Crippen molar-refractivity contribution in [3.8, 4) is 5.75 Å². The third kappa shape index (κ3) is 7.58. The molecule has 0 saturated carbocycles. The molecule has 128 valence electrons. The van der Waals surface area contributed by atoms with Crippen molar-refractivity contribution in [3.63, 3.8) is 0 Å². The van der Waals surface area contributed by atoms with Crippen LogP contribution in [-0.2, 0) is 4.74 Å². The lowest BCUT2D eigenvalue weighted by atomic mass is 10.1. The van der Waals surface area contributed by atoms with E-state index in [2.05, 4.69) is 10.1 Å². The number of hydrogen-bond acceptors (Lipinski definition) is 3. The first-order chi connectivity index (χ1) is 10.7. The fraction of sp³-hybridized carbons (Fsp3) is 0.438. The van der Waals surface area contributed by atoms with Gasteiger partial charge in [-0.15, -0.1) is 0 Å². The van der Waals surface area contributed by atoms with E-state index in [9.17, 15) is 18.0 Å². The Morgan fingerprint density at radius 1 is 1.35 bits per heavy atom. The van der Waals surface area contributed by atoms with Crippen LogP contribution in [0.25, 0.3) is 6.08 Å². The molecular formula is C16H20F3NO3. The van der Waals surface area contributed by atoms with Gasteiger partial charge in [0.25, 0.3) is 0 Å². The van der Waals surface area contributed by atoms with Crippen LogP contribution >= 0.6 is 0 Å². The number of benzene rings is 1. The lowest BCUT2D eigenvalue weighted by Gasteiger charge is -2.19. The van der Waals surface area contributed by atoms with Gasteiger partial charge in [0.15, 0.2) is 0 Å². The highest BCUT2D eigenvalue weighted by Crippen LogP contribution is 2.24. The first-order valence-electron chi connectivity index (χ1n) is 7.06. The molecule has 0 aliphatic heterocycles. The van der Waals surface area contributed by atoms with Gasteiger partial charge in [-0.05, 0) is 39.3 Å². The predicted octanol–water partition coefficient (Wildman–Crippen LogP) is 4.36. The molecule has 1 rings (SSSR count). The molecule has 7 heteroatoms. The highest BCUT2D eigenvalue weighted by atomic mass is 19.3. The summed E-state index contributed by atoms with van der Waals surface area (Å²) in [6.07, 6.45) is 2.71. The zero-order valence-corrected chi connectivity index (χ0v) is 13.2. The number of alkyl halides is 2. The molecule has 0 unspecified atom stereocenters. The maximum absolute atomic E-state index is 13.7. The zero-order chi connectivity index (χ0) is 17.5. The van der Waals surface area contributed by atoms with Crippen LogP contribution in [0.3, 0.4) is 0 Å². The van der Waals surface area contributed by atoms with E-state index in [4.69, 9.17) is 4.74 Å². The number of alkyl carbamates (subject to hydrolysis) is 1. The van der Waals surface area contributed by atoms with Crippen LogP contribution in [0.15, 0.2) is 24.3 Å². The van der Waals surface area contributed by atoms with Crippen molar-refractivity contribution in [1.29, 1.82) is 0 Å². The van der Waals surface area contributed by atoms with Crippen LogP contribution < -0.4 is 10.1 Å². The molecule has 4 nitrogen and oxygen atoms in total. The molecule has 0 bridgehead atoms. The summed E-state index contributed by atoms with van der Waals surface area (Å²) >= 11 is 0. The third-order valence-corrected chi connectivity index (χ3v) is 2.49. The molecule has 0 spiro atoms. The molecule has 1 amide bonds. The highest BCUT2D eigenvalue weighted by Gasteiger charge is 2.15. The van der Waals surface area contributed by atoms with Gasteiger partial charge in [-0.2, -0.15) is 8.78 Å². The highest BCUT2D eigenvalue weighted by molar-refractivity contribution is 5.67. The molecule has 1 aromatic carbocycles. The molecule has 0 aliphatic carbocycles. The number of rotatable bonds is 6. The van der Waals surface area contributed by atoms with Crippen LogP contribution in [0, 0.1) is 5.82 Å². The Balaban J connectivity index is 2.54. The molecule has 1 aromatic rings. The lowest BCUT2D eigenvalue weighted by Crippen LogP contribution is -2.32. The van der Waals surface area contributed by atoms with Crippen molar-refractivity contribution in [2.75, 3.05) is 6.54 Å². The summed E-state index contributed by atoms with van der Waals surface area (Å²) in [6.45, 7) is 2.47. The Hall–Kier alpha value is -2.18. The number of halogens is 3. The number of hydrogen-bond donors (Lipinski definition) is 1. The Labute approximate surface area is 133 Å². The lowest BCUT2D eigenvalue weighted by molar-refractivity contribution is -0.0501. The number of carbonyl (C=O) groups excluding carboxylic acids is 1. The largest absolute Gasteiger partial charge is 0.444 e. The summed E-state index contributed by atoms with van der Waals surface area (Å²) < 4.78 is 47.5. The minimum Gasteiger partial charge on any atom is -0.444 e.